The first-order valence-electron chi connectivity index (χ1n) is 7.79. The molecule has 1 fully saturated rings. The molecule has 1 heterocycles. The van der Waals surface area contributed by atoms with Crippen molar-refractivity contribution >= 4 is 34.8 Å². The summed E-state index contributed by atoms with van der Waals surface area (Å²) in [5.41, 5.74) is -0.0212. The van der Waals surface area contributed by atoms with Crippen LogP contribution >= 0.6 is 11.6 Å². The lowest BCUT2D eigenvalue weighted by molar-refractivity contribution is -0.137. The predicted octanol–water partition coefficient (Wildman–Crippen LogP) is 4.35. The molecule has 0 aromatic heterocycles. The first-order valence-corrected chi connectivity index (χ1v) is 8.16. The molecule has 0 saturated carbocycles. The molecule has 0 aliphatic carbocycles. The van der Waals surface area contributed by atoms with E-state index in [1.54, 1.807) is 24.3 Å². The Morgan fingerprint density at radius 2 is 1.77 bits per heavy atom. The molecule has 2 aromatic rings. The van der Waals surface area contributed by atoms with Gasteiger partial charge in [-0.15, -0.1) is 0 Å². The van der Waals surface area contributed by atoms with Crippen molar-refractivity contribution in [2.24, 2.45) is 5.92 Å². The maximum Gasteiger partial charge on any atom is 0.416 e. The number of amides is 2. The van der Waals surface area contributed by atoms with Crippen LogP contribution in [0.5, 0.6) is 0 Å². The molecule has 1 atom stereocenters. The normalized spacial score (nSPS) is 17.5. The molecule has 0 bridgehead atoms. The highest BCUT2D eigenvalue weighted by Gasteiger charge is 2.36. The van der Waals surface area contributed by atoms with E-state index >= 15 is 0 Å². The fraction of sp³-hybridized carbons (Fsp3) is 0.222. The molecule has 136 valence electrons. The van der Waals surface area contributed by atoms with Crippen LogP contribution in [0.3, 0.4) is 0 Å². The molecule has 2 amide bonds. The maximum absolute atomic E-state index is 12.6. The van der Waals surface area contributed by atoms with Gasteiger partial charge in [-0.25, -0.2) is 0 Å². The van der Waals surface area contributed by atoms with Gasteiger partial charge in [-0.2, -0.15) is 13.2 Å². The van der Waals surface area contributed by atoms with Crippen molar-refractivity contribution in [3.05, 3.63) is 59.1 Å². The van der Waals surface area contributed by atoms with E-state index in [1.165, 1.54) is 17.0 Å². The van der Waals surface area contributed by atoms with Gasteiger partial charge in [-0.1, -0.05) is 23.7 Å². The van der Waals surface area contributed by atoms with E-state index in [4.69, 9.17) is 11.6 Å². The lowest BCUT2D eigenvalue weighted by atomic mass is 10.1. The van der Waals surface area contributed by atoms with Crippen LogP contribution in [-0.2, 0) is 15.8 Å². The Morgan fingerprint density at radius 1 is 1.12 bits per heavy atom. The number of carbonyl (C=O) groups is 2. The van der Waals surface area contributed by atoms with Crippen molar-refractivity contribution in [1.82, 2.24) is 0 Å². The van der Waals surface area contributed by atoms with Gasteiger partial charge in [0.2, 0.25) is 11.8 Å². The third-order valence-corrected chi connectivity index (χ3v) is 4.44. The highest BCUT2D eigenvalue weighted by atomic mass is 35.5. The number of benzene rings is 2. The number of hydrogen-bond acceptors (Lipinski definition) is 2. The van der Waals surface area contributed by atoms with Crippen LogP contribution in [0, 0.1) is 5.92 Å². The van der Waals surface area contributed by atoms with Gasteiger partial charge in [-0.3, -0.25) is 9.59 Å². The second kappa shape index (κ2) is 6.99. The summed E-state index contributed by atoms with van der Waals surface area (Å²) in [5.74, 6) is -1.26. The monoisotopic (exact) mass is 382 g/mol. The fourth-order valence-corrected chi connectivity index (χ4v) is 3.01. The molecule has 8 heteroatoms. The van der Waals surface area contributed by atoms with E-state index in [2.05, 4.69) is 5.32 Å². The third kappa shape index (κ3) is 3.83. The first kappa shape index (κ1) is 18.3. The SMILES string of the molecule is O=C(Nc1ccc(C(F)(F)F)cc1)C1CC(=O)N(c2ccccc2Cl)C1. The number of hydrogen-bond donors (Lipinski definition) is 1. The molecule has 4 nitrogen and oxygen atoms in total. The van der Waals surface area contributed by atoms with Gasteiger partial charge in [0, 0.05) is 18.7 Å². The average molecular weight is 383 g/mol. The van der Waals surface area contributed by atoms with Crippen LogP contribution in [0.4, 0.5) is 24.5 Å². The Kier molecular flexibility index (Phi) is 4.91. The number of halogens is 4. The smallest absolute Gasteiger partial charge is 0.326 e. The summed E-state index contributed by atoms with van der Waals surface area (Å²) >= 11 is 6.09. The van der Waals surface area contributed by atoms with Crippen LogP contribution in [0.25, 0.3) is 0 Å². The number of carbonyl (C=O) groups excluding carboxylic acids is 2. The van der Waals surface area contributed by atoms with E-state index < -0.39 is 23.6 Å². The zero-order valence-corrected chi connectivity index (χ0v) is 14.1. The fourth-order valence-electron chi connectivity index (χ4n) is 2.77. The summed E-state index contributed by atoms with van der Waals surface area (Å²) < 4.78 is 37.7. The lowest BCUT2D eigenvalue weighted by Gasteiger charge is -2.18. The van der Waals surface area contributed by atoms with Gasteiger partial charge in [0.05, 0.1) is 22.2 Å². The average Bonchev–Trinajstić information content (AvgIpc) is 2.97. The standard InChI is InChI=1S/C18H14ClF3N2O2/c19-14-3-1-2-4-15(14)24-10-11(9-16(24)25)17(26)23-13-7-5-12(6-8-13)18(20,21)22/h1-8,11H,9-10H2,(H,23,26). The van der Waals surface area contributed by atoms with Gasteiger partial charge in [-0.05, 0) is 36.4 Å². The Morgan fingerprint density at radius 3 is 2.38 bits per heavy atom. The largest absolute Gasteiger partial charge is 0.416 e. The lowest BCUT2D eigenvalue weighted by Crippen LogP contribution is -2.28. The van der Waals surface area contributed by atoms with Gasteiger partial charge in [0.15, 0.2) is 0 Å². The third-order valence-electron chi connectivity index (χ3n) is 4.12. The molecule has 1 N–H and O–H groups in total. The van der Waals surface area contributed by atoms with Crippen molar-refractivity contribution in [2.45, 2.75) is 12.6 Å². The van der Waals surface area contributed by atoms with Crippen LogP contribution in [0.2, 0.25) is 5.02 Å². The minimum Gasteiger partial charge on any atom is -0.326 e. The van der Waals surface area contributed by atoms with Crippen LogP contribution in [0.15, 0.2) is 48.5 Å². The van der Waals surface area contributed by atoms with Crippen molar-refractivity contribution in [2.75, 3.05) is 16.8 Å². The van der Waals surface area contributed by atoms with Crippen molar-refractivity contribution < 1.29 is 22.8 Å². The predicted molar refractivity (Wildman–Crippen MR) is 92.0 cm³/mol. The van der Waals surface area contributed by atoms with Crippen LogP contribution < -0.4 is 10.2 Å². The highest BCUT2D eigenvalue weighted by molar-refractivity contribution is 6.33. The molecule has 1 aliphatic rings. The van der Waals surface area contributed by atoms with E-state index in [0.29, 0.717) is 10.7 Å². The molecule has 26 heavy (non-hydrogen) atoms. The van der Waals surface area contributed by atoms with Crippen molar-refractivity contribution in [1.29, 1.82) is 0 Å². The molecule has 0 radical (unpaired) electrons. The minimum absolute atomic E-state index is 0.0116. The van der Waals surface area contributed by atoms with Crippen LogP contribution in [0.1, 0.15) is 12.0 Å². The van der Waals surface area contributed by atoms with Gasteiger partial charge < -0.3 is 10.2 Å². The van der Waals surface area contributed by atoms with E-state index in [9.17, 15) is 22.8 Å². The summed E-state index contributed by atoms with van der Waals surface area (Å²) in [5, 5.41) is 2.96. The zero-order chi connectivity index (χ0) is 18.9. The number of nitrogens with one attached hydrogen (secondary N) is 1. The second-order valence-corrected chi connectivity index (χ2v) is 6.33. The summed E-state index contributed by atoms with van der Waals surface area (Å²) in [6.45, 7) is 0.162. The Hall–Kier alpha value is -2.54. The zero-order valence-electron chi connectivity index (χ0n) is 13.4. The summed E-state index contributed by atoms with van der Waals surface area (Å²) in [6, 6.07) is 11.0. The number of rotatable bonds is 3. The Balaban J connectivity index is 1.68. The Labute approximate surface area is 152 Å². The molecular weight excluding hydrogens is 369 g/mol. The number of alkyl halides is 3. The number of nitrogens with zero attached hydrogens (tertiary/aromatic N) is 1. The maximum atomic E-state index is 12.6. The highest BCUT2D eigenvalue weighted by Crippen LogP contribution is 2.32. The van der Waals surface area contributed by atoms with Gasteiger partial charge in [0.1, 0.15) is 0 Å². The molecule has 1 aliphatic heterocycles. The number of anilines is 2. The number of para-hydroxylation sites is 1. The van der Waals surface area contributed by atoms with Crippen molar-refractivity contribution in [3.63, 3.8) is 0 Å². The quantitative estimate of drug-likeness (QED) is 0.858. The second-order valence-electron chi connectivity index (χ2n) is 5.92. The molecule has 1 saturated heterocycles. The Bertz CT molecular complexity index is 837. The molecular formula is C18H14ClF3N2O2. The molecule has 1 unspecified atom stereocenters. The molecule has 2 aromatic carbocycles. The van der Waals surface area contributed by atoms with E-state index in [1.807, 2.05) is 0 Å². The molecule has 0 spiro atoms. The molecule has 3 rings (SSSR count). The summed E-state index contributed by atoms with van der Waals surface area (Å²) in [7, 11) is 0. The summed E-state index contributed by atoms with van der Waals surface area (Å²) in [6.07, 6.45) is -4.42. The van der Waals surface area contributed by atoms with E-state index in [-0.39, 0.29) is 24.6 Å². The minimum atomic E-state index is -4.43. The van der Waals surface area contributed by atoms with Gasteiger partial charge >= 0.3 is 6.18 Å². The van der Waals surface area contributed by atoms with Crippen molar-refractivity contribution in [3.8, 4) is 0 Å². The topological polar surface area (TPSA) is 49.4 Å². The first-order chi connectivity index (χ1) is 12.3. The van der Waals surface area contributed by atoms with Crippen LogP contribution in [-0.4, -0.2) is 18.4 Å². The van der Waals surface area contributed by atoms with Gasteiger partial charge in [0.25, 0.3) is 0 Å². The summed E-state index contributed by atoms with van der Waals surface area (Å²) in [4.78, 5) is 26.0. The van der Waals surface area contributed by atoms with E-state index in [0.717, 1.165) is 12.1 Å².